The van der Waals surface area contributed by atoms with E-state index in [0.717, 1.165) is 0 Å². The highest BCUT2D eigenvalue weighted by Crippen LogP contribution is 2.04. The van der Waals surface area contributed by atoms with Gasteiger partial charge in [0.05, 0.1) is 7.11 Å². The van der Waals surface area contributed by atoms with Gasteiger partial charge in [0.15, 0.2) is 0 Å². The van der Waals surface area contributed by atoms with Gasteiger partial charge in [-0.05, 0) is 12.3 Å². The number of carbonyl (C=O) groups is 2. The first-order chi connectivity index (χ1) is 7.02. The van der Waals surface area contributed by atoms with Crippen LogP contribution in [-0.4, -0.2) is 36.7 Å². The number of rotatable bonds is 6. The highest BCUT2D eigenvalue weighted by molar-refractivity contribution is 5.84. The molecule has 0 saturated heterocycles. The smallest absolute Gasteiger partial charge is 0.328 e. The van der Waals surface area contributed by atoms with E-state index in [1.165, 1.54) is 7.11 Å². The van der Waals surface area contributed by atoms with Crippen LogP contribution in [0.4, 0.5) is 0 Å². The zero-order valence-corrected chi connectivity index (χ0v) is 9.45. The summed E-state index contributed by atoms with van der Waals surface area (Å²) in [6.45, 7) is 3.62. The Balaban J connectivity index is 4.17. The number of nitrogens with one attached hydrogen (secondary N) is 1. The minimum Gasteiger partial charge on any atom is -0.467 e. The molecule has 0 aromatic heterocycles. The molecule has 0 aromatic rings. The molecule has 0 saturated carbocycles. The third-order valence-corrected chi connectivity index (χ3v) is 2.00. The van der Waals surface area contributed by atoms with E-state index in [9.17, 15) is 9.59 Å². The SMILES string of the molecule is COC(=O)C(NC(=O)CCCO)C(C)C. The monoisotopic (exact) mass is 217 g/mol. The molecular formula is C10H19NO4. The fourth-order valence-corrected chi connectivity index (χ4v) is 1.11. The number of methoxy groups -OCH3 is 1. The lowest BCUT2D eigenvalue weighted by Crippen LogP contribution is -2.44. The van der Waals surface area contributed by atoms with Gasteiger partial charge in [0.2, 0.25) is 5.91 Å². The van der Waals surface area contributed by atoms with Crippen molar-refractivity contribution in [2.24, 2.45) is 5.92 Å². The zero-order valence-electron chi connectivity index (χ0n) is 9.45. The lowest BCUT2D eigenvalue weighted by molar-refractivity contribution is -0.146. The van der Waals surface area contributed by atoms with E-state index in [1.54, 1.807) is 0 Å². The first-order valence-electron chi connectivity index (χ1n) is 5.01. The van der Waals surface area contributed by atoms with Gasteiger partial charge in [0, 0.05) is 13.0 Å². The Morgan fingerprint density at radius 2 is 2.00 bits per heavy atom. The minimum absolute atomic E-state index is 0.0180. The first-order valence-corrected chi connectivity index (χ1v) is 5.01. The molecule has 0 rings (SSSR count). The van der Waals surface area contributed by atoms with Crippen LogP contribution in [0.5, 0.6) is 0 Å². The summed E-state index contributed by atoms with van der Waals surface area (Å²) in [5.74, 6) is -0.703. The summed E-state index contributed by atoms with van der Waals surface area (Å²) in [6, 6.07) is -0.610. The van der Waals surface area contributed by atoms with Gasteiger partial charge in [-0.25, -0.2) is 4.79 Å². The van der Waals surface area contributed by atoms with E-state index < -0.39 is 12.0 Å². The summed E-state index contributed by atoms with van der Waals surface area (Å²) in [6.07, 6.45) is 0.620. The predicted octanol–water partition coefficient (Wildman–Crippen LogP) is 0.0727. The van der Waals surface area contributed by atoms with Crippen LogP contribution in [0.25, 0.3) is 0 Å². The van der Waals surface area contributed by atoms with Crippen molar-refractivity contribution in [3.8, 4) is 0 Å². The molecular weight excluding hydrogens is 198 g/mol. The molecule has 0 radical (unpaired) electrons. The fourth-order valence-electron chi connectivity index (χ4n) is 1.11. The number of amides is 1. The number of ether oxygens (including phenoxy) is 1. The molecule has 0 aliphatic carbocycles. The molecule has 88 valence electrons. The average molecular weight is 217 g/mol. The number of hydrogen-bond acceptors (Lipinski definition) is 4. The van der Waals surface area contributed by atoms with Crippen LogP contribution >= 0.6 is 0 Å². The Labute approximate surface area is 89.8 Å². The fraction of sp³-hybridized carbons (Fsp3) is 0.800. The molecule has 0 bridgehead atoms. The van der Waals surface area contributed by atoms with Crippen LogP contribution in [0.15, 0.2) is 0 Å². The first kappa shape index (κ1) is 13.9. The van der Waals surface area contributed by atoms with E-state index >= 15 is 0 Å². The Morgan fingerprint density at radius 3 is 2.40 bits per heavy atom. The summed E-state index contributed by atoms with van der Waals surface area (Å²) in [5.41, 5.74) is 0. The highest BCUT2D eigenvalue weighted by Gasteiger charge is 2.24. The maximum absolute atomic E-state index is 11.3. The summed E-state index contributed by atoms with van der Waals surface area (Å²) < 4.78 is 4.58. The van der Waals surface area contributed by atoms with Gasteiger partial charge in [0.1, 0.15) is 6.04 Å². The van der Waals surface area contributed by atoms with Gasteiger partial charge in [0.25, 0.3) is 0 Å². The molecule has 5 heteroatoms. The van der Waals surface area contributed by atoms with Crippen molar-refractivity contribution in [1.82, 2.24) is 5.32 Å². The Bertz CT molecular complexity index is 215. The third kappa shape index (κ3) is 5.37. The molecule has 2 N–H and O–H groups in total. The van der Waals surface area contributed by atoms with E-state index in [4.69, 9.17) is 5.11 Å². The molecule has 0 aliphatic heterocycles. The second-order valence-electron chi connectivity index (χ2n) is 3.64. The molecule has 0 aromatic carbocycles. The maximum Gasteiger partial charge on any atom is 0.328 e. The second kappa shape index (κ2) is 7.23. The number of aliphatic hydroxyl groups excluding tert-OH is 1. The van der Waals surface area contributed by atoms with Gasteiger partial charge in [-0.1, -0.05) is 13.8 Å². The zero-order chi connectivity index (χ0) is 11.8. The van der Waals surface area contributed by atoms with Crippen molar-refractivity contribution < 1.29 is 19.4 Å². The Hall–Kier alpha value is -1.10. The van der Waals surface area contributed by atoms with Gasteiger partial charge in [-0.15, -0.1) is 0 Å². The lowest BCUT2D eigenvalue weighted by atomic mass is 10.0. The van der Waals surface area contributed by atoms with Crippen LogP contribution in [0, 0.1) is 5.92 Å². The van der Waals surface area contributed by atoms with Crippen molar-refractivity contribution >= 4 is 11.9 Å². The molecule has 1 unspecified atom stereocenters. The van der Waals surface area contributed by atoms with Gasteiger partial charge < -0.3 is 15.2 Å². The van der Waals surface area contributed by atoms with Crippen LogP contribution in [0.2, 0.25) is 0 Å². The molecule has 0 aliphatic rings. The van der Waals surface area contributed by atoms with Crippen molar-refractivity contribution in [1.29, 1.82) is 0 Å². The van der Waals surface area contributed by atoms with Crippen LogP contribution in [0.1, 0.15) is 26.7 Å². The van der Waals surface area contributed by atoms with E-state index in [-0.39, 0.29) is 24.9 Å². The molecule has 5 nitrogen and oxygen atoms in total. The topological polar surface area (TPSA) is 75.6 Å². The van der Waals surface area contributed by atoms with Gasteiger partial charge >= 0.3 is 5.97 Å². The van der Waals surface area contributed by atoms with Crippen LogP contribution in [0.3, 0.4) is 0 Å². The normalized spacial score (nSPS) is 12.3. The summed E-state index contributed by atoms with van der Waals surface area (Å²) >= 11 is 0. The molecule has 1 atom stereocenters. The summed E-state index contributed by atoms with van der Waals surface area (Å²) in [7, 11) is 1.29. The van der Waals surface area contributed by atoms with Crippen molar-refractivity contribution in [2.45, 2.75) is 32.7 Å². The largest absolute Gasteiger partial charge is 0.467 e. The van der Waals surface area contributed by atoms with Crippen molar-refractivity contribution in [2.75, 3.05) is 13.7 Å². The highest BCUT2D eigenvalue weighted by atomic mass is 16.5. The molecule has 15 heavy (non-hydrogen) atoms. The third-order valence-electron chi connectivity index (χ3n) is 2.00. The minimum atomic E-state index is -0.610. The molecule has 0 fully saturated rings. The second-order valence-corrected chi connectivity index (χ2v) is 3.64. The summed E-state index contributed by atoms with van der Waals surface area (Å²) in [4.78, 5) is 22.6. The van der Waals surface area contributed by atoms with Crippen LogP contribution in [-0.2, 0) is 14.3 Å². The number of aliphatic hydroxyl groups is 1. The van der Waals surface area contributed by atoms with E-state index in [2.05, 4.69) is 10.1 Å². The number of hydrogen-bond donors (Lipinski definition) is 2. The molecule has 0 heterocycles. The number of carbonyl (C=O) groups excluding carboxylic acids is 2. The lowest BCUT2D eigenvalue weighted by Gasteiger charge is -2.19. The standard InChI is InChI=1S/C10H19NO4/c1-7(2)9(10(14)15-3)11-8(13)5-4-6-12/h7,9,12H,4-6H2,1-3H3,(H,11,13). The predicted molar refractivity (Wildman–Crippen MR) is 55.1 cm³/mol. The van der Waals surface area contributed by atoms with E-state index in [1.807, 2.05) is 13.8 Å². The Morgan fingerprint density at radius 1 is 1.40 bits per heavy atom. The van der Waals surface area contributed by atoms with Crippen molar-refractivity contribution in [3.05, 3.63) is 0 Å². The van der Waals surface area contributed by atoms with Crippen molar-refractivity contribution in [3.63, 3.8) is 0 Å². The summed E-state index contributed by atoms with van der Waals surface area (Å²) in [5, 5.41) is 11.1. The quantitative estimate of drug-likeness (QED) is 0.617. The van der Waals surface area contributed by atoms with Gasteiger partial charge in [-0.3, -0.25) is 4.79 Å². The molecule has 1 amide bonds. The molecule has 0 spiro atoms. The van der Waals surface area contributed by atoms with E-state index in [0.29, 0.717) is 6.42 Å². The number of esters is 1. The average Bonchev–Trinajstić information content (AvgIpc) is 2.21. The van der Waals surface area contributed by atoms with Gasteiger partial charge in [-0.2, -0.15) is 0 Å². The maximum atomic E-state index is 11.3. The van der Waals surface area contributed by atoms with Crippen LogP contribution < -0.4 is 5.32 Å². The Kier molecular flexibility index (Phi) is 6.70.